The van der Waals surface area contributed by atoms with Gasteiger partial charge in [-0.1, -0.05) is 36.8 Å². The van der Waals surface area contributed by atoms with Crippen molar-refractivity contribution in [3.63, 3.8) is 0 Å². The molecule has 0 spiro atoms. The summed E-state index contributed by atoms with van der Waals surface area (Å²) in [6.45, 7) is 4.45. The Hall–Kier alpha value is -2.48. The number of aromatic nitrogens is 3. The molecule has 4 rings (SSSR count). The number of aryl methyl sites for hydroxylation is 1. The Kier molecular flexibility index (Phi) is 4.82. The van der Waals surface area contributed by atoms with E-state index in [1.165, 1.54) is 17.5 Å². The van der Waals surface area contributed by atoms with E-state index in [-0.39, 0.29) is 18.6 Å². The van der Waals surface area contributed by atoms with Gasteiger partial charge in [0.15, 0.2) is 5.82 Å². The first-order valence-electron chi connectivity index (χ1n) is 9.15. The monoisotopic (exact) mass is 368 g/mol. The molecule has 0 amide bonds. The van der Waals surface area contributed by atoms with Gasteiger partial charge in [0.2, 0.25) is 0 Å². The highest BCUT2D eigenvalue weighted by molar-refractivity contribution is 5.68. The Morgan fingerprint density at radius 3 is 2.85 bits per heavy atom. The summed E-state index contributed by atoms with van der Waals surface area (Å²) in [5.74, 6) is 0.599. The van der Waals surface area contributed by atoms with Gasteiger partial charge in [0.25, 0.3) is 0 Å². The number of hydrogen-bond acceptors (Lipinski definition) is 6. The van der Waals surface area contributed by atoms with E-state index in [0.717, 1.165) is 17.0 Å². The highest BCUT2D eigenvalue weighted by Gasteiger charge is 2.42. The third-order valence-corrected chi connectivity index (χ3v) is 5.21. The van der Waals surface area contributed by atoms with Crippen LogP contribution in [0.15, 0.2) is 42.7 Å². The summed E-state index contributed by atoms with van der Waals surface area (Å²) < 4.78 is 7.66. The molecule has 1 saturated heterocycles. The smallest absolute Gasteiger partial charge is 0.154 e. The van der Waals surface area contributed by atoms with Gasteiger partial charge in [0.1, 0.15) is 24.1 Å². The first-order valence-corrected chi connectivity index (χ1v) is 9.15. The van der Waals surface area contributed by atoms with E-state index < -0.39 is 12.2 Å². The van der Waals surface area contributed by atoms with Crippen molar-refractivity contribution in [3.8, 4) is 0 Å². The third kappa shape index (κ3) is 3.29. The van der Waals surface area contributed by atoms with Crippen LogP contribution >= 0.6 is 0 Å². The standard InChI is InChI=1S/C20H24N4O3/c1-12-4-3-5-14(8-12)9-21-20-16-7-6-15(24(16)23-11-22-20)19-13(2)18(26)17(10-25)27-19/h3-8,11,13,17-19,25-26H,9-10H2,1-2H3,(H,21,22,23)/t13-,17-,18+,19-/m1/s1. The Morgan fingerprint density at radius 1 is 1.26 bits per heavy atom. The minimum atomic E-state index is -0.702. The number of nitrogens with zero attached hydrogens (tertiary/aromatic N) is 3. The number of rotatable bonds is 5. The van der Waals surface area contributed by atoms with E-state index in [2.05, 4.69) is 40.5 Å². The average Bonchev–Trinajstić information content (AvgIpc) is 3.22. The first kappa shape index (κ1) is 17.9. The maximum absolute atomic E-state index is 10.2. The van der Waals surface area contributed by atoms with Crippen molar-refractivity contribution < 1.29 is 14.9 Å². The molecular weight excluding hydrogens is 344 g/mol. The normalized spacial score (nSPS) is 25.2. The lowest BCUT2D eigenvalue weighted by Gasteiger charge is -2.15. The van der Waals surface area contributed by atoms with Crippen LogP contribution in [0.3, 0.4) is 0 Å². The predicted octanol–water partition coefficient (Wildman–Crippen LogP) is 2.08. The largest absolute Gasteiger partial charge is 0.394 e. The van der Waals surface area contributed by atoms with Crippen molar-refractivity contribution in [1.82, 2.24) is 14.6 Å². The highest BCUT2D eigenvalue weighted by Crippen LogP contribution is 2.38. The molecule has 0 saturated carbocycles. The number of aliphatic hydroxyl groups is 2. The lowest BCUT2D eigenvalue weighted by molar-refractivity contribution is -0.0240. The average molecular weight is 368 g/mol. The Balaban J connectivity index is 1.60. The maximum Gasteiger partial charge on any atom is 0.154 e. The maximum atomic E-state index is 10.2. The second-order valence-corrected chi connectivity index (χ2v) is 7.13. The molecule has 0 aliphatic carbocycles. The minimum absolute atomic E-state index is 0.140. The van der Waals surface area contributed by atoms with E-state index in [9.17, 15) is 10.2 Å². The summed E-state index contributed by atoms with van der Waals surface area (Å²) in [6.07, 6.45) is -0.101. The summed E-state index contributed by atoms with van der Waals surface area (Å²) in [5, 5.41) is 27.4. The fraction of sp³-hybridized carbons (Fsp3) is 0.400. The molecule has 0 bridgehead atoms. The van der Waals surface area contributed by atoms with Crippen molar-refractivity contribution in [2.24, 2.45) is 5.92 Å². The lowest BCUT2D eigenvalue weighted by atomic mass is 9.97. The molecule has 142 valence electrons. The van der Waals surface area contributed by atoms with Crippen LogP contribution in [0.25, 0.3) is 5.52 Å². The van der Waals surface area contributed by atoms with Crippen LogP contribution in [0.2, 0.25) is 0 Å². The van der Waals surface area contributed by atoms with Crippen LogP contribution in [0.1, 0.15) is 29.8 Å². The van der Waals surface area contributed by atoms with E-state index in [1.54, 1.807) is 4.52 Å². The van der Waals surface area contributed by atoms with Gasteiger partial charge in [-0.15, -0.1) is 0 Å². The molecule has 0 radical (unpaired) electrons. The summed E-state index contributed by atoms with van der Waals surface area (Å²) in [4.78, 5) is 4.38. The van der Waals surface area contributed by atoms with Gasteiger partial charge in [-0.2, -0.15) is 5.10 Å². The highest BCUT2D eigenvalue weighted by atomic mass is 16.5. The van der Waals surface area contributed by atoms with E-state index in [1.807, 2.05) is 25.1 Å². The molecule has 3 aromatic rings. The van der Waals surface area contributed by atoms with Gasteiger partial charge in [-0.3, -0.25) is 0 Å². The third-order valence-electron chi connectivity index (χ3n) is 5.21. The molecular formula is C20H24N4O3. The molecule has 3 heterocycles. The molecule has 4 atom stereocenters. The van der Waals surface area contributed by atoms with E-state index in [4.69, 9.17) is 4.74 Å². The lowest BCUT2D eigenvalue weighted by Crippen LogP contribution is -2.27. The molecule has 1 aliphatic rings. The topological polar surface area (TPSA) is 91.9 Å². The number of ether oxygens (including phenoxy) is 1. The molecule has 0 unspecified atom stereocenters. The van der Waals surface area contributed by atoms with Gasteiger partial charge >= 0.3 is 0 Å². The van der Waals surface area contributed by atoms with Gasteiger partial charge in [-0.05, 0) is 24.6 Å². The fourth-order valence-electron chi connectivity index (χ4n) is 3.71. The number of benzene rings is 1. The van der Waals surface area contributed by atoms with Crippen LogP contribution < -0.4 is 5.32 Å². The van der Waals surface area contributed by atoms with Gasteiger partial charge in [-0.25, -0.2) is 9.50 Å². The van der Waals surface area contributed by atoms with Crippen LogP contribution in [0.5, 0.6) is 0 Å². The summed E-state index contributed by atoms with van der Waals surface area (Å²) in [7, 11) is 0. The second-order valence-electron chi connectivity index (χ2n) is 7.13. The van der Waals surface area contributed by atoms with Crippen LogP contribution in [0.4, 0.5) is 5.82 Å². The molecule has 7 heteroatoms. The van der Waals surface area contributed by atoms with Crippen molar-refractivity contribution in [1.29, 1.82) is 0 Å². The molecule has 1 aliphatic heterocycles. The van der Waals surface area contributed by atoms with Crippen molar-refractivity contribution >= 4 is 11.3 Å². The van der Waals surface area contributed by atoms with Crippen LogP contribution in [0, 0.1) is 12.8 Å². The molecule has 2 aromatic heterocycles. The number of nitrogens with one attached hydrogen (secondary N) is 1. The quantitative estimate of drug-likeness (QED) is 0.639. The Bertz CT molecular complexity index is 942. The van der Waals surface area contributed by atoms with Crippen molar-refractivity contribution in [2.75, 3.05) is 11.9 Å². The van der Waals surface area contributed by atoms with Gasteiger partial charge in [0, 0.05) is 12.5 Å². The summed E-state index contributed by atoms with van der Waals surface area (Å²) in [5.41, 5.74) is 4.09. The molecule has 3 N–H and O–H groups in total. The molecule has 7 nitrogen and oxygen atoms in total. The molecule has 1 aromatic carbocycles. The number of aliphatic hydroxyl groups excluding tert-OH is 2. The molecule has 27 heavy (non-hydrogen) atoms. The zero-order chi connectivity index (χ0) is 19.0. The zero-order valence-corrected chi connectivity index (χ0v) is 15.4. The Morgan fingerprint density at radius 2 is 2.11 bits per heavy atom. The fourth-order valence-corrected chi connectivity index (χ4v) is 3.71. The zero-order valence-electron chi connectivity index (χ0n) is 15.4. The number of hydrogen-bond donors (Lipinski definition) is 3. The minimum Gasteiger partial charge on any atom is -0.394 e. The Labute approximate surface area is 157 Å². The van der Waals surface area contributed by atoms with Gasteiger partial charge < -0.3 is 20.3 Å². The van der Waals surface area contributed by atoms with E-state index in [0.29, 0.717) is 6.54 Å². The first-order chi connectivity index (χ1) is 13.1. The summed E-state index contributed by atoms with van der Waals surface area (Å²) >= 11 is 0. The van der Waals surface area contributed by atoms with Gasteiger partial charge in [0.05, 0.1) is 18.4 Å². The number of anilines is 1. The van der Waals surface area contributed by atoms with Crippen molar-refractivity contribution in [3.05, 3.63) is 59.5 Å². The predicted molar refractivity (Wildman–Crippen MR) is 101 cm³/mol. The van der Waals surface area contributed by atoms with Crippen LogP contribution in [-0.4, -0.2) is 43.6 Å². The number of fused-ring (bicyclic) bond motifs is 1. The van der Waals surface area contributed by atoms with Crippen LogP contribution in [-0.2, 0) is 11.3 Å². The summed E-state index contributed by atoms with van der Waals surface area (Å²) in [6, 6.07) is 12.2. The molecule has 1 fully saturated rings. The van der Waals surface area contributed by atoms with E-state index >= 15 is 0 Å². The SMILES string of the molecule is Cc1cccc(CNc2ncnn3c([C@@H]4O[C@H](CO)[C@@H](O)[C@H]4C)ccc23)c1. The van der Waals surface area contributed by atoms with Crippen molar-refractivity contribution in [2.45, 2.75) is 38.7 Å². The second kappa shape index (κ2) is 7.26.